The molecule has 0 aliphatic carbocycles. The molecule has 1 aromatic heterocycles. The van der Waals surface area contributed by atoms with Crippen LogP contribution >= 0.6 is 23.4 Å². The number of carbonyl (C=O) groups excluding carboxylic acids is 1. The van der Waals surface area contributed by atoms with Crippen molar-refractivity contribution in [3.63, 3.8) is 0 Å². The minimum atomic E-state index is 0.00609. The predicted molar refractivity (Wildman–Crippen MR) is 88.9 cm³/mol. The van der Waals surface area contributed by atoms with Gasteiger partial charge in [0.1, 0.15) is 11.5 Å². The van der Waals surface area contributed by atoms with Crippen molar-refractivity contribution < 1.29 is 9.32 Å². The maximum Gasteiger partial charge on any atom is 0.233 e. The fourth-order valence-electron chi connectivity index (χ4n) is 2.39. The Hall–Kier alpha value is -1.46. The molecule has 22 heavy (non-hydrogen) atoms. The van der Waals surface area contributed by atoms with E-state index in [1.54, 1.807) is 11.8 Å². The quantitative estimate of drug-likeness (QED) is 0.920. The van der Waals surface area contributed by atoms with Crippen molar-refractivity contribution in [1.82, 2.24) is 10.5 Å². The molecule has 1 saturated heterocycles. The normalized spacial score (nSPS) is 18.8. The zero-order valence-corrected chi connectivity index (χ0v) is 13.6. The molecular formula is C16H17ClN2O2S. The second kappa shape index (κ2) is 7.20. The fourth-order valence-corrected chi connectivity index (χ4v) is 3.59. The van der Waals surface area contributed by atoms with Gasteiger partial charge in [-0.3, -0.25) is 4.79 Å². The highest BCUT2D eigenvalue weighted by atomic mass is 35.5. The monoisotopic (exact) mass is 336 g/mol. The van der Waals surface area contributed by atoms with Crippen molar-refractivity contribution in [3.05, 3.63) is 41.1 Å². The van der Waals surface area contributed by atoms with Gasteiger partial charge < -0.3 is 9.84 Å². The van der Waals surface area contributed by atoms with Gasteiger partial charge in [0.05, 0.1) is 11.0 Å². The summed E-state index contributed by atoms with van der Waals surface area (Å²) in [5.41, 5.74) is 1.76. The number of aromatic nitrogens is 1. The van der Waals surface area contributed by atoms with Gasteiger partial charge >= 0.3 is 0 Å². The summed E-state index contributed by atoms with van der Waals surface area (Å²) in [6.07, 6.45) is 3.07. The number of hydrogen-bond donors (Lipinski definition) is 1. The second-order valence-corrected chi connectivity index (χ2v) is 6.90. The van der Waals surface area contributed by atoms with Crippen molar-refractivity contribution in [2.75, 3.05) is 6.54 Å². The largest absolute Gasteiger partial charge is 0.360 e. The molecule has 6 heteroatoms. The summed E-state index contributed by atoms with van der Waals surface area (Å²) in [4.78, 5) is 11.9. The Kier molecular flexibility index (Phi) is 5.05. The van der Waals surface area contributed by atoms with E-state index in [1.807, 2.05) is 30.3 Å². The van der Waals surface area contributed by atoms with Crippen molar-refractivity contribution in [2.45, 2.75) is 30.3 Å². The summed E-state index contributed by atoms with van der Waals surface area (Å²) >= 11 is 7.50. The van der Waals surface area contributed by atoms with Crippen LogP contribution in [0.3, 0.4) is 0 Å². The smallest absolute Gasteiger partial charge is 0.233 e. The molecular weight excluding hydrogens is 320 g/mol. The summed E-state index contributed by atoms with van der Waals surface area (Å²) in [7, 11) is 0. The molecule has 2 heterocycles. The Morgan fingerprint density at radius 1 is 1.32 bits per heavy atom. The molecule has 1 fully saturated rings. The van der Waals surface area contributed by atoms with Gasteiger partial charge in [0.15, 0.2) is 0 Å². The van der Waals surface area contributed by atoms with Crippen LogP contribution < -0.4 is 5.32 Å². The predicted octanol–water partition coefficient (Wildman–Crippen LogP) is 3.90. The molecule has 0 bridgehead atoms. The van der Waals surface area contributed by atoms with Gasteiger partial charge in [-0.25, -0.2) is 0 Å². The number of hydrogen-bond acceptors (Lipinski definition) is 4. The van der Waals surface area contributed by atoms with Crippen LogP contribution in [0.5, 0.6) is 0 Å². The number of carbonyl (C=O) groups is 1. The number of thioether (sulfide) groups is 1. The molecule has 1 aliphatic rings. The van der Waals surface area contributed by atoms with Crippen LogP contribution in [0.4, 0.5) is 0 Å². The van der Waals surface area contributed by atoms with E-state index in [2.05, 4.69) is 10.5 Å². The Bertz CT molecular complexity index is 642. The molecule has 1 amide bonds. The van der Waals surface area contributed by atoms with E-state index < -0.39 is 0 Å². The third-order valence-corrected chi connectivity index (χ3v) is 5.17. The van der Waals surface area contributed by atoms with Gasteiger partial charge in [-0.1, -0.05) is 35.3 Å². The highest BCUT2D eigenvalue weighted by Crippen LogP contribution is 2.27. The first-order valence-electron chi connectivity index (χ1n) is 7.33. The first kappa shape index (κ1) is 15.4. The van der Waals surface area contributed by atoms with Gasteiger partial charge in [-0.2, -0.15) is 0 Å². The Labute approximate surface area is 138 Å². The van der Waals surface area contributed by atoms with Crippen LogP contribution in [0.25, 0.3) is 11.3 Å². The lowest BCUT2D eigenvalue weighted by molar-refractivity contribution is -0.120. The number of amides is 1. The number of benzene rings is 1. The molecule has 116 valence electrons. The molecule has 3 rings (SSSR count). The molecule has 0 spiro atoms. The van der Waals surface area contributed by atoms with E-state index in [-0.39, 0.29) is 11.2 Å². The van der Waals surface area contributed by atoms with Gasteiger partial charge in [-0.15, -0.1) is 11.8 Å². The summed E-state index contributed by atoms with van der Waals surface area (Å²) in [5.74, 6) is 1.57. The van der Waals surface area contributed by atoms with Crippen molar-refractivity contribution in [2.24, 2.45) is 0 Å². The third-order valence-electron chi connectivity index (χ3n) is 3.61. The Morgan fingerprint density at radius 3 is 2.95 bits per heavy atom. The SMILES string of the molecule is O=C1NCCCC[C@H]1SCc1cc(-c2ccc(Cl)cc2)no1. The highest BCUT2D eigenvalue weighted by molar-refractivity contribution is 7.99. The molecule has 1 N–H and O–H groups in total. The van der Waals surface area contributed by atoms with E-state index in [0.29, 0.717) is 10.8 Å². The zero-order chi connectivity index (χ0) is 15.4. The average molecular weight is 337 g/mol. The number of rotatable bonds is 4. The van der Waals surface area contributed by atoms with Crippen molar-refractivity contribution >= 4 is 29.3 Å². The fraction of sp³-hybridized carbons (Fsp3) is 0.375. The van der Waals surface area contributed by atoms with Crippen LogP contribution in [0.2, 0.25) is 5.02 Å². The van der Waals surface area contributed by atoms with E-state index in [9.17, 15) is 4.79 Å². The Balaban J connectivity index is 1.62. The van der Waals surface area contributed by atoms with Crippen LogP contribution in [0.15, 0.2) is 34.9 Å². The van der Waals surface area contributed by atoms with Crippen molar-refractivity contribution in [1.29, 1.82) is 0 Å². The van der Waals surface area contributed by atoms with E-state index in [1.165, 1.54) is 0 Å². The first-order chi connectivity index (χ1) is 10.7. The number of halogens is 1. The lowest BCUT2D eigenvalue weighted by Crippen LogP contribution is -2.30. The standard InChI is InChI=1S/C16H17ClN2O2S/c17-12-6-4-11(5-7-12)14-9-13(21-19-14)10-22-15-3-1-2-8-18-16(15)20/h4-7,9,15H,1-3,8,10H2,(H,18,20)/t15-/m1/s1. The highest BCUT2D eigenvalue weighted by Gasteiger charge is 2.21. The van der Waals surface area contributed by atoms with E-state index in [4.69, 9.17) is 16.1 Å². The molecule has 2 aromatic rings. The summed E-state index contributed by atoms with van der Waals surface area (Å²) in [5, 5.41) is 7.74. The number of nitrogens with one attached hydrogen (secondary N) is 1. The average Bonchev–Trinajstić information content (AvgIpc) is 2.90. The molecule has 4 nitrogen and oxygen atoms in total. The minimum absolute atomic E-state index is 0.00609. The summed E-state index contributed by atoms with van der Waals surface area (Å²) in [6, 6.07) is 9.41. The topological polar surface area (TPSA) is 55.1 Å². The zero-order valence-electron chi connectivity index (χ0n) is 12.0. The lowest BCUT2D eigenvalue weighted by atomic mass is 10.1. The Morgan fingerprint density at radius 2 is 2.14 bits per heavy atom. The first-order valence-corrected chi connectivity index (χ1v) is 8.76. The molecule has 0 radical (unpaired) electrons. The van der Waals surface area contributed by atoms with Gasteiger partial charge in [0.2, 0.25) is 5.91 Å². The third kappa shape index (κ3) is 3.84. The lowest BCUT2D eigenvalue weighted by Gasteiger charge is -2.10. The molecule has 1 aromatic carbocycles. The molecule has 0 unspecified atom stereocenters. The van der Waals surface area contributed by atoms with Gasteiger partial charge in [0, 0.05) is 23.2 Å². The van der Waals surface area contributed by atoms with Gasteiger partial charge in [0.25, 0.3) is 0 Å². The van der Waals surface area contributed by atoms with Gasteiger partial charge in [-0.05, 0) is 25.0 Å². The maximum atomic E-state index is 11.9. The van der Waals surface area contributed by atoms with E-state index in [0.717, 1.165) is 42.8 Å². The van der Waals surface area contributed by atoms with Crippen LogP contribution in [0.1, 0.15) is 25.0 Å². The maximum absolute atomic E-state index is 11.9. The molecule has 1 aliphatic heterocycles. The minimum Gasteiger partial charge on any atom is -0.360 e. The number of nitrogens with zero attached hydrogens (tertiary/aromatic N) is 1. The van der Waals surface area contributed by atoms with Crippen molar-refractivity contribution in [3.8, 4) is 11.3 Å². The second-order valence-electron chi connectivity index (χ2n) is 5.27. The summed E-state index contributed by atoms with van der Waals surface area (Å²) < 4.78 is 5.37. The van der Waals surface area contributed by atoms with E-state index >= 15 is 0 Å². The van der Waals surface area contributed by atoms with Crippen LogP contribution in [0, 0.1) is 0 Å². The van der Waals surface area contributed by atoms with Crippen LogP contribution in [-0.4, -0.2) is 22.9 Å². The summed E-state index contributed by atoms with van der Waals surface area (Å²) in [6.45, 7) is 0.791. The van der Waals surface area contributed by atoms with Crippen LogP contribution in [-0.2, 0) is 10.5 Å². The molecule has 1 atom stereocenters. The molecule has 0 saturated carbocycles.